The zero-order chi connectivity index (χ0) is 12.3. The van der Waals surface area contributed by atoms with Crippen LogP contribution in [0.15, 0.2) is 18.2 Å². The molecule has 0 radical (unpaired) electrons. The van der Waals surface area contributed by atoms with E-state index in [4.69, 9.17) is 0 Å². The molecular weight excluding hydrogens is 218 g/mol. The second-order valence-corrected chi connectivity index (χ2v) is 4.20. The summed E-state index contributed by atoms with van der Waals surface area (Å²) in [5.74, 6) is 0. The lowest BCUT2D eigenvalue weighted by Crippen LogP contribution is -2.29. The lowest BCUT2D eigenvalue weighted by molar-refractivity contribution is -0.384. The van der Waals surface area contributed by atoms with E-state index in [1.165, 1.54) is 6.42 Å². The normalized spacial score (nSPS) is 15.7. The molecule has 1 aromatic rings. The van der Waals surface area contributed by atoms with Gasteiger partial charge in [-0.1, -0.05) is 6.07 Å². The first-order chi connectivity index (χ1) is 8.22. The van der Waals surface area contributed by atoms with Crippen LogP contribution in [0.2, 0.25) is 0 Å². The fourth-order valence-corrected chi connectivity index (χ4v) is 2.20. The van der Waals surface area contributed by atoms with Crippen LogP contribution in [0.1, 0.15) is 19.3 Å². The molecule has 0 aliphatic carbocycles. The van der Waals surface area contributed by atoms with Crippen molar-refractivity contribution in [3.05, 3.63) is 33.6 Å². The molecule has 0 aromatic heterocycles. The molecule has 1 aromatic carbocycles. The quantitative estimate of drug-likeness (QED) is 0.596. The number of nitro groups is 1. The Morgan fingerprint density at radius 3 is 2.59 bits per heavy atom. The first-order valence-corrected chi connectivity index (χ1v) is 5.85. The third kappa shape index (κ3) is 2.49. The lowest BCUT2D eigenvalue weighted by atomic mass is 10.1. The maximum absolute atomic E-state index is 11.1. The summed E-state index contributed by atoms with van der Waals surface area (Å²) in [7, 11) is 1.64. The monoisotopic (exact) mass is 234 g/mol. The Hall–Kier alpha value is -1.78. The molecular formula is C12H16N3O2-. The van der Waals surface area contributed by atoms with E-state index in [-0.39, 0.29) is 10.6 Å². The molecule has 1 aliphatic heterocycles. The zero-order valence-electron chi connectivity index (χ0n) is 9.93. The molecule has 0 saturated carbocycles. The summed E-state index contributed by atoms with van der Waals surface area (Å²) in [6.45, 7) is 1.81. The van der Waals surface area contributed by atoms with Gasteiger partial charge in [-0.05, 0) is 25.3 Å². The van der Waals surface area contributed by atoms with Gasteiger partial charge in [0.25, 0.3) is 5.69 Å². The summed E-state index contributed by atoms with van der Waals surface area (Å²) >= 11 is 0. The summed E-state index contributed by atoms with van der Waals surface area (Å²) in [6.07, 6.45) is 3.43. The SMILES string of the molecule is C[N-]c1ccc(N2CCCCC2)c([N+](=O)[O-])c1. The smallest absolute Gasteiger partial charge is 0.291 e. The van der Waals surface area contributed by atoms with Crippen LogP contribution in [0, 0.1) is 10.1 Å². The molecule has 2 rings (SSSR count). The van der Waals surface area contributed by atoms with Crippen molar-refractivity contribution < 1.29 is 4.92 Å². The number of hydrogen-bond donors (Lipinski definition) is 0. The molecule has 5 heteroatoms. The largest absolute Gasteiger partial charge is 0.687 e. The molecule has 1 fully saturated rings. The molecule has 0 unspecified atom stereocenters. The summed E-state index contributed by atoms with van der Waals surface area (Å²) in [5.41, 5.74) is 1.54. The van der Waals surface area contributed by atoms with Crippen molar-refractivity contribution in [1.82, 2.24) is 0 Å². The molecule has 0 spiro atoms. The van der Waals surface area contributed by atoms with E-state index in [9.17, 15) is 10.1 Å². The van der Waals surface area contributed by atoms with Crippen molar-refractivity contribution in [2.75, 3.05) is 25.0 Å². The summed E-state index contributed by atoms with van der Waals surface area (Å²) in [6, 6.07) is 5.19. The van der Waals surface area contributed by atoms with Gasteiger partial charge in [-0.2, -0.15) is 0 Å². The second-order valence-electron chi connectivity index (χ2n) is 4.20. The first kappa shape index (κ1) is 11.7. The molecule has 0 N–H and O–H groups in total. The second kappa shape index (κ2) is 5.03. The maximum atomic E-state index is 11.1. The van der Waals surface area contributed by atoms with Gasteiger partial charge in [0.15, 0.2) is 0 Å². The predicted octanol–water partition coefficient (Wildman–Crippen LogP) is 3.22. The number of benzene rings is 1. The van der Waals surface area contributed by atoms with E-state index < -0.39 is 0 Å². The molecule has 1 saturated heterocycles. The van der Waals surface area contributed by atoms with Crippen LogP contribution in [0.4, 0.5) is 17.1 Å². The van der Waals surface area contributed by atoms with Crippen LogP contribution >= 0.6 is 0 Å². The molecule has 17 heavy (non-hydrogen) atoms. The Balaban J connectivity index is 2.34. The van der Waals surface area contributed by atoms with Crippen LogP contribution in [0.25, 0.3) is 5.32 Å². The van der Waals surface area contributed by atoms with Gasteiger partial charge < -0.3 is 10.2 Å². The molecule has 92 valence electrons. The van der Waals surface area contributed by atoms with Gasteiger partial charge in [-0.15, -0.1) is 12.7 Å². The van der Waals surface area contributed by atoms with E-state index in [0.29, 0.717) is 5.69 Å². The maximum Gasteiger partial charge on any atom is 0.291 e. The van der Waals surface area contributed by atoms with E-state index in [0.717, 1.165) is 31.6 Å². The average molecular weight is 234 g/mol. The highest BCUT2D eigenvalue weighted by molar-refractivity contribution is 5.70. The summed E-state index contributed by atoms with van der Waals surface area (Å²) in [5, 5.41) is 15.0. The van der Waals surface area contributed by atoms with Crippen LogP contribution in [-0.4, -0.2) is 25.1 Å². The Labute approximate surface area is 101 Å². The van der Waals surface area contributed by atoms with Crippen LogP contribution in [-0.2, 0) is 0 Å². The highest BCUT2D eigenvalue weighted by atomic mass is 16.6. The molecule has 1 heterocycles. The predicted molar refractivity (Wildman–Crippen MR) is 68.1 cm³/mol. The molecule has 5 nitrogen and oxygen atoms in total. The van der Waals surface area contributed by atoms with Crippen molar-refractivity contribution in [1.29, 1.82) is 0 Å². The van der Waals surface area contributed by atoms with Gasteiger partial charge in [-0.3, -0.25) is 10.1 Å². The molecule has 1 aliphatic rings. The van der Waals surface area contributed by atoms with Crippen LogP contribution in [0.5, 0.6) is 0 Å². The van der Waals surface area contributed by atoms with Crippen molar-refractivity contribution in [2.24, 2.45) is 0 Å². The van der Waals surface area contributed by atoms with Crippen LogP contribution < -0.4 is 4.90 Å². The van der Waals surface area contributed by atoms with E-state index in [2.05, 4.69) is 10.2 Å². The van der Waals surface area contributed by atoms with E-state index in [1.807, 2.05) is 12.1 Å². The van der Waals surface area contributed by atoms with Gasteiger partial charge in [0.2, 0.25) is 0 Å². The minimum atomic E-state index is -0.321. The molecule has 0 atom stereocenters. The number of rotatable bonds is 3. The minimum absolute atomic E-state index is 0.162. The van der Waals surface area contributed by atoms with Crippen molar-refractivity contribution in [3.63, 3.8) is 0 Å². The van der Waals surface area contributed by atoms with Gasteiger partial charge in [0.1, 0.15) is 5.69 Å². The van der Waals surface area contributed by atoms with Gasteiger partial charge >= 0.3 is 0 Å². The van der Waals surface area contributed by atoms with Crippen molar-refractivity contribution in [2.45, 2.75) is 19.3 Å². The Bertz CT molecular complexity index is 414. The zero-order valence-corrected chi connectivity index (χ0v) is 9.93. The number of anilines is 1. The Kier molecular flexibility index (Phi) is 3.46. The minimum Gasteiger partial charge on any atom is -0.687 e. The number of nitrogens with zero attached hydrogens (tertiary/aromatic N) is 3. The first-order valence-electron chi connectivity index (χ1n) is 5.85. The van der Waals surface area contributed by atoms with Gasteiger partial charge in [0.05, 0.1) is 4.92 Å². The third-order valence-corrected chi connectivity index (χ3v) is 3.11. The average Bonchev–Trinajstić information content (AvgIpc) is 2.39. The van der Waals surface area contributed by atoms with Gasteiger partial charge in [0, 0.05) is 19.2 Å². The highest BCUT2D eigenvalue weighted by Crippen LogP contribution is 2.34. The third-order valence-electron chi connectivity index (χ3n) is 3.11. The van der Waals surface area contributed by atoms with Crippen molar-refractivity contribution >= 4 is 17.1 Å². The van der Waals surface area contributed by atoms with E-state index >= 15 is 0 Å². The molecule has 0 bridgehead atoms. The fourth-order valence-electron chi connectivity index (χ4n) is 2.20. The van der Waals surface area contributed by atoms with E-state index in [1.54, 1.807) is 13.1 Å². The Morgan fingerprint density at radius 2 is 2.00 bits per heavy atom. The highest BCUT2D eigenvalue weighted by Gasteiger charge is 2.20. The number of hydrogen-bond acceptors (Lipinski definition) is 3. The molecule has 0 amide bonds. The number of nitro benzene ring substituents is 1. The summed E-state index contributed by atoms with van der Waals surface area (Å²) in [4.78, 5) is 12.8. The van der Waals surface area contributed by atoms with Crippen molar-refractivity contribution in [3.8, 4) is 0 Å². The standard InChI is InChI=1S/C12H16N3O2/c1-13-10-5-6-11(12(9-10)15(16)17)14-7-3-2-4-8-14/h5-6,9H,2-4,7-8H2,1H3/q-1. The topological polar surface area (TPSA) is 60.5 Å². The summed E-state index contributed by atoms with van der Waals surface area (Å²) < 4.78 is 0. The fraction of sp³-hybridized carbons (Fsp3) is 0.500. The van der Waals surface area contributed by atoms with Gasteiger partial charge in [-0.25, -0.2) is 0 Å². The lowest BCUT2D eigenvalue weighted by Gasteiger charge is -2.29. The number of piperidine rings is 1. The van der Waals surface area contributed by atoms with Crippen LogP contribution in [0.3, 0.4) is 0 Å². The Morgan fingerprint density at radius 1 is 1.29 bits per heavy atom.